The summed E-state index contributed by atoms with van der Waals surface area (Å²) in [6.07, 6.45) is 3.88. The highest BCUT2D eigenvalue weighted by Crippen LogP contribution is 2.35. The first kappa shape index (κ1) is 28.2. The lowest BCUT2D eigenvalue weighted by molar-refractivity contribution is 0.0745. The van der Waals surface area contributed by atoms with Gasteiger partial charge in [0.2, 0.25) is 0 Å². The van der Waals surface area contributed by atoms with Crippen LogP contribution in [0.3, 0.4) is 0 Å². The summed E-state index contributed by atoms with van der Waals surface area (Å²) in [5, 5.41) is 0.683. The van der Waals surface area contributed by atoms with Gasteiger partial charge in [-0.05, 0) is 112 Å². The summed E-state index contributed by atoms with van der Waals surface area (Å²) >= 11 is 11.2. The zero-order valence-corrected chi connectivity index (χ0v) is 24.9. The van der Waals surface area contributed by atoms with Crippen molar-refractivity contribution in [1.29, 1.82) is 0 Å². The van der Waals surface area contributed by atoms with Crippen molar-refractivity contribution in [2.24, 2.45) is 0 Å². The molecule has 0 bridgehead atoms. The predicted molar refractivity (Wildman–Crippen MR) is 159 cm³/mol. The highest BCUT2D eigenvalue weighted by molar-refractivity contribution is 8.00. The second kappa shape index (κ2) is 13.3. The standard InChI is InChI=1S/C28H33ClN4OS3/c1-19(2)32(4)28(34)27-25(14-15-26(30-27)31-36-24-13-8-20(3)18-23(24)29)35-21-9-11-22(12-10-21)37-33-16-6-5-7-17-33/h8-15,18-19H,5-7,16-17H2,1-4H3,(H,30,31). The highest BCUT2D eigenvalue weighted by atomic mass is 35.5. The number of hydrogen-bond acceptors (Lipinski definition) is 7. The molecular weight excluding hydrogens is 540 g/mol. The Bertz CT molecular complexity index is 1220. The van der Waals surface area contributed by atoms with Gasteiger partial charge < -0.3 is 9.62 Å². The molecule has 5 nitrogen and oxygen atoms in total. The lowest BCUT2D eigenvalue weighted by atomic mass is 10.2. The average Bonchev–Trinajstić information content (AvgIpc) is 2.89. The molecule has 9 heteroatoms. The van der Waals surface area contributed by atoms with E-state index in [1.165, 1.54) is 36.1 Å². The van der Waals surface area contributed by atoms with Crippen molar-refractivity contribution in [3.05, 3.63) is 70.9 Å². The highest BCUT2D eigenvalue weighted by Gasteiger charge is 2.21. The lowest BCUT2D eigenvalue weighted by Gasteiger charge is -2.25. The van der Waals surface area contributed by atoms with Crippen molar-refractivity contribution in [3.8, 4) is 0 Å². The molecule has 1 saturated heterocycles. The summed E-state index contributed by atoms with van der Waals surface area (Å²) in [4.78, 5) is 23.9. The summed E-state index contributed by atoms with van der Waals surface area (Å²) < 4.78 is 5.70. The minimum Gasteiger partial charge on any atom is -0.338 e. The van der Waals surface area contributed by atoms with Gasteiger partial charge in [0.25, 0.3) is 5.91 Å². The van der Waals surface area contributed by atoms with E-state index in [1.807, 2.05) is 70.1 Å². The lowest BCUT2D eigenvalue weighted by Crippen LogP contribution is -2.34. The van der Waals surface area contributed by atoms with Crippen molar-refractivity contribution >= 4 is 59.0 Å². The zero-order valence-electron chi connectivity index (χ0n) is 21.7. The number of hydrogen-bond donors (Lipinski definition) is 1. The number of aryl methyl sites for hydroxylation is 1. The number of carbonyl (C=O) groups is 1. The Labute approximate surface area is 238 Å². The molecule has 1 aliphatic heterocycles. The molecule has 196 valence electrons. The van der Waals surface area contributed by atoms with Crippen LogP contribution in [0.25, 0.3) is 0 Å². The Hall–Kier alpha value is -1.84. The molecule has 1 N–H and O–H groups in total. The largest absolute Gasteiger partial charge is 0.338 e. The van der Waals surface area contributed by atoms with Gasteiger partial charge in [-0.25, -0.2) is 9.29 Å². The van der Waals surface area contributed by atoms with E-state index in [1.54, 1.807) is 16.7 Å². The fraction of sp³-hybridized carbons (Fsp3) is 0.357. The number of carbonyl (C=O) groups excluding carboxylic acids is 1. The molecule has 37 heavy (non-hydrogen) atoms. The van der Waals surface area contributed by atoms with Crippen molar-refractivity contribution < 1.29 is 4.79 Å². The normalized spacial score (nSPS) is 14.1. The maximum absolute atomic E-state index is 13.4. The Kier molecular flexibility index (Phi) is 10.1. The van der Waals surface area contributed by atoms with Crippen LogP contribution in [0.15, 0.2) is 74.2 Å². The molecule has 0 aliphatic carbocycles. The molecular formula is C28H33ClN4OS3. The van der Waals surface area contributed by atoms with E-state index in [9.17, 15) is 4.79 Å². The number of halogens is 1. The second-order valence-electron chi connectivity index (χ2n) is 9.35. The number of anilines is 1. The van der Waals surface area contributed by atoms with Crippen LogP contribution in [0.2, 0.25) is 5.02 Å². The van der Waals surface area contributed by atoms with Crippen LogP contribution in [0.5, 0.6) is 0 Å². The van der Waals surface area contributed by atoms with E-state index in [4.69, 9.17) is 16.6 Å². The minimum absolute atomic E-state index is 0.0654. The summed E-state index contributed by atoms with van der Waals surface area (Å²) in [7, 11) is 1.82. The van der Waals surface area contributed by atoms with Crippen molar-refractivity contribution in [2.75, 3.05) is 24.9 Å². The summed E-state index contributed by atoms with van der Waals surface area (Å²) in [5.74, 6) is 0.511. The molecule has 0 saturated carbocycles. The quantitative estimate of drug-likeness (QED) is 0.259. The molecule has 0 spiro atoms. The molecule has 3 aromatic rings. The van der Waals surface area contributed by atoms with E-state index in [2.05, 4.69) is 33.3 Å². The van der Waals surface area contributed by atoms with Gasteiger partial charge in [0.05, 0.1) is 5.02 Å². The van der Waals surface area contributed by atoms with Crippen LogP contribution in [-0.2, 0) is 0 Å². The monoisotopic (exact) mass is 572 g/mol. The number of pyridine rings is 1. The van der Waals surface area contributed by atoms with E-state index in [0.717, 1.165) is 33.3 Å². The maximum Gasteiger partial charge on any atom is 0.273 e. The van der Waals surface area contributed by atoms with Crippen LogP contribution in [0.4, 0.5) is 5.82 Å². The van der Waals surface area contributed by atoms with Crippen molar-refractivity contribution in [3.63, 3.8) is 0 Å². The number of nitrogens with one attached hydrogen (secondary N) is 1. The smallest absolute Gasteiger partial charge is 0.273 e. The summed E-state index contributed by atoms with van der Waals surface area (Å²) in [5.41, 5.74) is 1.55. The van der Waals surface area contributed by atoms with Gasteiger partial charge in [-0.15, -0.1) is 0 Å². The molecule has 2 heterocycles. The van der Waals surface area contributed by atoms with Gasteiger partial charge in [0.1, 0.15) is 11.5 Å². The Balaban J connectivity index is 1.51. The van der Waals surface area contributed by atoms with E-state index in [-0.39, 0.29) is 11.9 Å². The number of benzene rings is 2. The first-order valence-electron chi connectivity index (χ1n) is 12.5. The number of aromatic nitrogens is 1. The Morgan fingerprint density at radius 1 is 1.00 bits per heavy atom. The Morgan fingerprint density at radius 2 is 1.68 bits per heavy atom. The van der Waals surface area contributed by atoms with E-state index in [0.29, 0.717) is 16.5 Å². The first-order valence-corrected chi connectivity index (χ1v) is 15.3. The fourth-order valence-electron chi connectivity index (χ4n) is 3.74. The van der Waals surface area contributed by atoms with Gasteiger partial charge >= 0.3 is 0 Å². The van der Waals surface area contributed by atoms with Gasteiger partial charge in [-0.3, -0.25) is 4.79 Å². The van der Waals surface area contributed by atoms with Crippen LogP contribution in [0, 0.1) is 6.92 Å². The summed E-state index contributed by atoms with van der Waals surface area (Å²) in [6, 6.07) is 18.4. The van der Waals surface area contributed by atoms with Crippen LogP contribution < -0.4 is 4.72 Å². The molecule has 1 aromatic heterocycles. The molecule has 0 radical (unpaired) electrons. The molecule has 0 unspecified atom stereocenters. The fourth-order valence-corrected chi connectivity index (χ4v) is 6.60. The van der Waals surface area contributed by atoms with Gasteiger partial charge in [0.15, 0.2) is 0 Å². The first-order chi connectivity index (χ1) is 17.8. The van der Waals surface area contributed by atoms with Gasteiger partial charge in [-0.1, -0.05) is 35.9 Å². The number of nitrogens with zero attached hydrogens (tertiary/aromatic N) is 3. The third-order valence-corrected chi connectivity index (χ3v) is 9.59. The number of amides is 1. The molecule has 2 aromatic carbocycles. The van der Waals surface area contributed by atoms with Crippen LogP contribution in [0.1, 0.15) is 49.2 Å². The minimum atomic E-state index is -0.100. The number of rotatable bonds is 9. The van der Waals surface area contributed by atoms with Gasteiger partial charge in [-0.2, -0.15) is 0 Å². The molecule has 1 amide bonds. The van der Waals surface area contributed by atoms with Gasteiger partial charge in [0, 0.05) is 45.8 Å². The Morgan fingerprint density at radius 3 is 2.35 bits per heavy atom. The van der Waals surface area contributed by atoms with Crippen LogP contribution in [-0.4, -0.2) is 46.3 Å². The van der Waals surface area contributed by atoms with Crippen molar-refractivity contribution in [1.82, 2.24) is 14.2 Å². The molecule has 1 fully saturated rings. The topological polar surface area (TPSA) is 48.5 Å². The van der Waals surface area contributed by atoms with E-state index < -0.39 is 0 Å². The SMILES string of the molecule is Cc1ccc(SNc2ccc(Sc3ccc(SN4CCCCC4)cc3)c(C(=O)N(C)C(C)C)n2)c(Cl)c1. The second-order valence-corrected chi connectivity index (χ2v) is 12.9. The summed E-state index contributed by atoms with van der Waals surface area (Å²) in [6.45, 7) is 8.31. The number of piperidine rings is 1. The van der Waals surface area contributed by atoms with Crippen molar-refractivity contribution in [2.45, 2.75) is 65.7 Å². The molecule has 0 atom stereocenters. The molecule has 1 aliphatic rings. The zero-order chi connectivity index (χ0) is 26.4. The third kappa shape index (κ3) is 7.83. The maximum atomic E-state index is 13.4. The van der Waals surface area contributed by atoms with Crippen LogP contribution >= 0.6 is 47.3 Å². The average molecular weight is 573 g/mol. The van der Waals surface area contributed by atoms with E-state index >= 15 is 0 Å². The third-order valence-electron chi connectivity index (χ3n) is 6.11. The molecule has 4 rings (SSSR count). The predicted octanol–water partition coefficient (Wildman–Crippen LogP) is 8.29.